The van der Waals surface area contributed by atoms with Crippen LogP contribution in [0.3, 0.4) is 0 Å². The number of esters is 1. The van der Waals surface area contributed by atoms with Gasteiger partial charge in [0.25, 0.3) is 5.91 Å². The molecule has 0 bridgehead atoms. The second-order valence-corrected chi connectivity index (χ2v) is 9.01. The summed E-state index contributed by atoms with van der Waals surface area (Å²) < 4.78 is 15.5. The lowest BCUT2D eigenvalue weighted by atomic mass is 10.1. The van der Waals surface area contributed by atoms with Crippen molar-refractivity contribution in [2.45, 2.75) is 6.54 Å². The third-order valence-corrected chi connectivity index (χ3v) is 6.76. The number of hydrogen-bond acceptors (Lipinski definition) is 7. The molecular weight excluding hydrogens is 472 g/mol. The quantitative estimate of drug-likeness (QED) is 0.404. The number of nitrogens with zero attached hydrogens (tertiary/aromatic N) is 3. The van der Waals surface area contributed by atoms with Gasteiger partial charge in [0.2, 0.25) is 0 Å². The maximum atomic E-state index is 13.2. The molecule has 2 aliphatic rings. The standard InChI is InChI=1S/C28H26N4O5/c1-35-26(33)17-37-22-6-2-18(3-7-22)27-29-24-9-5-21(15-25(24)30-27)32-16-19-14-20(4-8-23(19)28(32)34)31-10-12-36-13-11-31/h2-9,14-15H,10-13,16-17H2,1H3,(H,29,30). The first-order valence-corrected chi connectivity index (χ1v) is 12.2. The number of H-pyrrole nitrogens is 1. The number of nitrogens with one attached hydrogen (secondary N) is 1. The predicted molar refractivity (Wildman–Crippen MR) is 139 cm³/mol. The molecule has 1 saturated heterocycles. The van der Waals surface area contributed by atoms with Crippen LogP contribution in [0.4, 0.5) is 11.4 Å². The highest BCUT2D eigenvalue weighted by molar-refractivity contribution is 6.10. The molecule has 0 atom stereocenters. The maximum absolute atomic E-state index is 13.2. The maximum Gasteiger partial charge on any atom is 0.343 e. The van der Waals surface area contributed by atoms with Gasteiger partial charge < -0.3 is 29.0 Å². The summed E-state index contributed by atoms with van der Waals surface area (Å²) in [6, 6.07) is 19.2. The molecule has 3 heterocycles. The Bertz CT molecular complexity index is 1470. The number of carbonyl (C=O) groups is 2. The van der Waals surface area contributed by atoms with E-state index in [1.807, 2.05) is 42.5 Å². The third-order valence-electron chi connectivity index (χ3n) is 6.76. The molecule has 1 amide bonds. The van der Waals surface area contributed by atoms with E-state index in [1.54, 1.807) is 17.0 Å². The lowest BCUT2D eigenvalue weighted by Gasteiger charge is -2.29. The molecule has 0 radical (unpaired) electrons. The van der Waals surface area contributed by atoms with Crippen LogP contribution in [0.25, 0.3) is 22.4 Å². The molecule has 1 aromatic heterocycles. The summed E-state index contributed by atoms with van der Waals surface area (Å²) in [5.41, 5.74) is 6.27. The minimum atomic E-state index is -0.436. The topological polar surface area (TPSA) is 97.0 Å². The molecule has 37 heavy (non-hydrogen) atoms. The zero-order valence-corrected chi connectivity index (χ0v) is 20.4. The zero-order valence-electron chi connectivity index (χ0n) is 20.4. The SMILES string of the molecule is COC(=O)COc1ccc(-c2nc3ccc(N4Cc5cc(N6CCOCC6)ccc5C4=O)cc3[nH]2)cc1. The molecule has 9 nitrogen and oxygen atoms in total. The largest absolute Gasteiger partial charge is 0.482 e. The molecule has 0 aliphatic carbocycles. The van der Waals surface area contributed by atoms with Crippen LogP contribution >= 0.6 is 0 Å². The molecule has 0 unspecified atom stereocenters. The second kappa shape index (κ2) is 9.59. The van der Waals surface area contributed by atoms with Crippen LogP contribution < -0.4 is 14.5 Å². The van der Waals surface area contributed by atoms with Gasteiger partial charge in [-0.1, -0.05) is 0 Å². The van der Waals surface area contributed by atoms with Gasteiger partial charge >= 0.3 is 5.97 Å². The lowest BCUT2D eigenvalue weighted by Crippen LogP contribution is -2.36. The molecule has 2 aliphatic heterocycles. The van der Waals surface area contributed by atoms with Crippen molar-refractivity contribution in [3.63, 3.8) is 0 Å². The van der Waals surface area contributed by atoms with Crippen molar-refractivity contribution in [2.75, 3.05) is 49.8 Å². The number of methoxy groups -OCH3 is 1. The van der Waals surface area contributed by atoms with Crippen LogP contribution in [-0.4, -0.2) is 61.9 Å². The monoisotopic (exact) mass is 498 g/mol. The molecule has 4 aromatic rings. The van der Waals surface area contributed by atoms with Crippen molar-refractivity contribution in [3.8, 4) is 17.1 Å². The first kappa shape index (κ1) is 23.1. The Balaban J connectivity index is 1.20. The van der Waals surface area contributed by atoms with Crippen molar-refractivity contribution in [3.05, 3.63) is 71.8 Å². The van der Waals surface area contributed by atoms with Crippen LogP contribution in [-0.2, 0) is 20.8 Å². The van der Waals surface area contributed by atoms with Crippen LogP contribution in [0.1, 0.15) is 15.9 Å². The Morgan fingerprint density at radius 1 is 1.03 bits per heavy atom. The summed E-state index contributed by atoms with van der Waals surface area (Å²) in [5.74, 6) is 0.841. The van der Waals surface area contributed by atoms with E-state index in [2.05, 4.69) is 20.7 Å². The van der Waals surface area contributed by atoms with Gasteiger partial charge in [-0.15, -0.1) is 0 Å². The fourth-order valence-electron chi connectivity index (χ4n) is 4.75. The van der Waals surface area contributed by atoms with Gasteiger partial charge in [0.15, 0.2) is 6.61 Å². The smallest absolute Gasteiger partial charge is 0.343 e. The second-order valence-electron chi connectivity index (χ2n) is 9.01. The van der Waals surface area contributed by atoms with E-state index in [0.717, 1.165) is 65.4 Å². The van der Waals surface area contributed by atoms with E-state index in [4.69, 9.17) is 14.5 Å². The Kier molecular flexibility index (Phi) is 5.97. The first-order valence-electron chi connectivity index (χ1n) is 12.2. The molecular formula is C28H26N4O5. The molecule has 6 rings (SSSR count). The van der Waals surface area contributed by atoms with Gasteiger partial charge in [-0.05, 0) is 66.2 Å². The highest BCUT2D eigenvalue weighted by Crippen LogP contribution is 2.33. The summed E-state index contributed by atoms with van der Waals surface area (Å²) in [4.78, 5) is 36.7. The van der Waals surface area contributed by atoms with Gasteiger partial charge in [0.1, 0.15) is 11.6 Å². The van der Waals surface area contributed by atoms with Gasteiger partial charge in [-0.2, -0.15) is 0 Å². The van der Waals surface area contributed by atoms with Crippen molar-refractivity contribution in [2.24, 2.45) is 0 Å². The van der Waals surface area contributed by atoms with E-state index < -0.39 is 5.97 Å². The van der Waals surface area contributed by atoms with Crippen LogP contribution in [0.2, 0.25) is 0 Å². The number of hydrogen-bond donors (Lipinski definition) is 1. The zero-order chi connectivity index (χ0) is 25.4. The Morgan fingerprint density at radius 2 is 1.81 bits per heavy atom. The highest BCUT2D eigenvalue weighted by Gasteiger charge is 2.29. The number of fused-ring (bicyclic) bond motifs is 2. The predicted octanol–water partition coefficient (Wildman–Crippen LogP) is 3.78. The van der Waals surface area contributed by atoms with Crippen LogP contribution in [0, 0.1) is 0 Å². The number of amides is 1. The summed E-state index contributed by atoms with van der Waals surface area (Å²) in [5, 5.41) is 0. The molecule has 188 valence electrons. The number of aromatic nitrogens is 2. The van der Waals surface area contributed by atoms with Crippen LogP contribution in [0.5, 0.6) is 5.75 Å². The van der Waals surface area contributed by atoms with E-state index in [-0.39, 0.29) is 12.5 Å². The summed E-state index contributed by atoms with van der Waals surface area (Å²) in [7, 11) is 1.32. The number of benzene rings is 3. The lowest BCUT2D eigenvalue weighted by molar-refractivity contribution is -0.142. The Morgan fingerprint density at radius 3 is 2.59 bits per heavy atom. The Labute approximate surface area is 213 Å². The number of morpholine rings is 1. The minimum absolute atomic E-state index is 0.00478. The summed E-state index contributed by atoms with van der Waals surface area (Å²) in [6.07, 6.45) is 0. The number of anilines is 2. The third kappa shape index (κ3) is 4.49. The van der Waals surface area contributed by atoms with E-state index >= 15 is 0 Å². The van der Waals surface area contributed by atoms with Gasteiger partial charge in [0, 0.05) is 35.6 Å². The molecule has 1 fully saturated rings. The minimum Gasteiger partial charge on any atom is -0.482 e. The highest BCUT2D eigenvalue weighted by atomic mass is 16.6. The molecule has 9 heteroatoms. The molecule has 0 spiro atoms. The van der Waals surface area contributed by atoms with E-state index in [0.29, 0.717) is 18.1 Å². The number of aromatic amines is 1. The average Bonchev–Trinajstić information content (AvgIpc) is 3.52. The number of rotatable bonds is 6. The molecule has 3 aromatic carbocycles. The van der Waals surface area contributed by atoms with Crippen LogP contribution in [0.15, 0.2) is 60.7 Å². The molecule has 1 N–H and O–H groups in total. The van der Waals surface area contributed by atoms with Crippen molar-refractivity contribution in [1.29, 1.82) is 0 Å². The summed E-state index contributed by atoms with van der Waals surface area (Å²) in [6.45, 7) is 3.56. The normalized spacial score (nSPS) is 15.2. The van der Waals surface area contributed by atoms with Gasteiger partial charge in [-0.3, -0.25) is 4.79 Å². The fraction of sp³-hybridized carbons (Fsp3) is 0.250. The number of imidazole rings is 1. The summed E-state index contributed by atoms with van der Waals surface area (Å²) >= 11 is 0. The first-order chi connectivity index (χ1) is 18.1. The fourth-order valence-corrected chi connectivity index (χ4v) is 4.75. The molecule has 0 saturated carbocycles. The average molecular weight is 499 g/mol. The number of carbonyl (C=O) groups excluding carboxylic acids is 2. The van der Waals surface area contributed by atoms with E-state index in [1.165, 1.54) is 7.11 Å². The van der Waals surface area contributed by atoms with Crippen molar-refractivity contribution < 1.29 is 23.8 Å². The van der Waals surface area contributed by atoms with Gasteiger partial charge in [0.05, 0.1) is 37.9 Å². The van der Waals surface area contributed by atoms with Gasteiger partial charge in [-0.25, -0.2) is 9.78 Å². The van der Waals surface area contributed by atoms with E-state index in [9.17, 15) is 9.59 Å². The van der Waals surface area contributed by atoms with Crippen molar-refractivity contribution in [1.82, 2.24) is 9.97 Å². The van der Waals surface area contributed by atoms with Crippen molar-refractivity contribution >= 4 is 34.3 Å². The number of ether oxygens (including phenoxy) is 3. The Hall–Kier alpha value is -4.37.